The summed E-state index contributed by atoms with van der Waals surface area (Å²) in [5, 5.41) is 6.51. The Morgan fingerprint density at radius 3 is 1.85 bits per heavy atom. The van der Waals surface area contributed by atoms with E-state index >= 15 is 0 Å². The number of hydrogen-bond acceptors (Lipinski definition) is 2. The number of hydrogen-bond donors (Lipinski definition) is 2. The van der Waals surface area contributed by atoms with E-state index < -0.39 is 0 Å². The first kappa shape index (κ1) is 13.9. The maximum Gasteiger partial charge on any atom is 0.217 e. The van der Waals surface area contributed by atoms with Gasteiger partial charge in [0, 0.05) is 24.9 Å². The van der Waals surface area contributed by atoms with Crippen molar-refractivity contribution in [1.29, 1.82) is 0 Å². The zero-order valence-electron chi connectivity index (χ0n) is 12.8. The van der Waals surface area contributed by atoms with E-state index in [0.29, 0.717) is 11.3 Å². The van der Waals surface area contributed by atoms with E-state index in [-0.39, 0.29) is 22.9 Å². The molecule has 4 heteroatoms. The number of nitrogens with one attached hydrogen (secondary N) is 2. The largest absolute Gasteiger partial charge is 0.351 e. The first-order chi connectivity index (χ1) is 9.30. The van der Waals surface area contributed by atoms with Gasteiger partial charge in [-0.25, -0.2) is 0 Å². The molecule has 112 valence electrons. The topological polar surface area (TPSA) is 58.2 Å². The molecular formula is C16H26N2O2. The summed E-state index contributed by atoms with van der Waals surface area (Å²) in [4.78, 5) is 23.3. The number of carbonyl (C=O) groups excluding carboxylic acids is 2. The Morgan fingerprint density at radius 1 is 0.950 bits per heavy atom. The third-order valence-electron chi connectivity index (χ3n) is 5.82. The Morgan fingerprint density at radius 2 is 1.45 bits per heavy atom. The molecule has 0 aromatic rings. The van der Waals surface area contributed by atoms with Gasteiger partial charge in [0.05, 0.1) is 0 Å². The molecule has 2 N–H and O–H groups in total. The maximum absolute atomic E-state index is 11.6. The lowest BCUT2D eigenvalue weighted by Crippen LogP contribution is -2.72. The summed E-state index contributed by atoms with van der Waals surface area (Å²) in [6.45, 7) is 5.49. The molecule has 4 fully saturated rings. The zero-order valence-corrected chi connectivity index (χ0v) is 12.8. The molecule has 4 rings (SSSR count). The van der Waals surface area contributed by atoms with Crippen molar-refractivity contribution >= 4 is 11.8 Å². The van der Waals surface area contributed by atoms with Crippen molar-refractivity contribution in [3.05, 3.63) is 0 Å². The van der Waals surface area contributed by atoms with Gasteiger partial charge in [-0.3, -0.25) is 9.59 Å². The molecule has 0 aromatic heterocycles. The minimum Gasteiger partial charge on any atom is -0.351 e. The van der Waals surface area contributed by atoms with E-state index in [1.165, 1.54) is 6.42 Å². The summed E-state index contributed by atoms with van der Waals surface area (Å²) < 4.78 is 0. The van der Waals surface area contributed by atoms with Crippen molar-refractivity contribution in [2.45, 2.75) is 76.8 Å². The minimum absolute atomic E-state index is 0.0659. The fourth-order valence-corrected chi connectivity index (χ4v) is 6.06. The molecule has 0 heterocycles. The predicted molar refractivity (Wildman–Crippen MR) is 77.0 cm³/mol. The van der Waals surface area contributed by atoms with Gasteiger partial charge in [-0.15, -0.1) is 0 Å². The summed E-state index contributed by atoms with van der Waals surface area (Å²) >= 11 is 0. The highest BCUT2D eigenvalue weighted by molar-refractivity contribution is 5.75. The van der Waals surface area contributed by atoms with Crippen LogP contribution in [0.25, 0.3) is 0 Å². The molecule has 2 atom stereocenters. The molecule has 20 heavy (non-hydrogen) atoms. The lowest BCUT2D eigenvalue weighted by molar-refractivity contribution is -0.140. The van der Waals surface area contributed by atoms with Crippen LogP contribution in [-0.4, -0.2) is 22.9 Å². The van der Waals surface area contributed by atoms with Crippen molar-refractivity contribution in [2.75, 3.05) is 0 Å². The van der Waals surface area contributed by atoms with Crippen LogP contribution >= 0.6 is 0 Å². The molecule has 4 bridgehead atoms. The molecule has 0 aliphatic heterocycles. The van der Waals surface area contributed by atoms with E-state index in [9.17, 15) is 9.59 Å². The van der Waals surface area contributed by atoms with Gasteiger partial charge < -0.3 is 10.6 Å². The SMILES string of the molecule is CCC12CC3CC(NC(C)=O)(C1)CC(NC(C)=O)(C3)C2. The number of carbonyl (C=O) groups is 2. The van der Waals surface area contributed by atoms with Crippen LogP contribution in [0.5, 0.6) is 0 Å². The van der Waals surface area contributed by atoms with Crippen LogP contribution in [0.15, 0.2) is 0 Å². The van der Waals surface area contributed by atoms with Crippen molar-refractivity contribution in [3.63, 3.8) is 0 Å². The van der Waals surface area contributed by atoms with Crippen molar-refractivity contribution in [3.8, 4) is 0 Å². The number of amides is 2. The normalized spacial score (nSPS) is 45.2. The summed E-state index contributed by atoms with van der Waals surface area (Å²) in [6.07, 6.45) is 7.70. The molecule has 0 radical (unpaired) electrons. The zero-order chi connectivity index (χ0) is 14.6. The molecule has 2 unspecified atom stereocenters. The molecule has 0 saturated heterocycles. The summed E-state index contributed by atoms with van der Waals surface area (Å²) in [5.41, 5.74) is 0.151. The average molecular weight is 278 g/mol. The first-order valence-corrected chi connectivity index (χ1v) is 7.88. The smallest absolute Gasteiger partial charge is 0.217 e. The third kappa shape index (κ3) is 2.13. The Balaban J connectivity index is 1.96. The first-order valence-electron chi connectivity index (χ1n) is 7.88. The van der Waals surface area contributed by atoms with Gasteiger partial charge >= 0.3 is 0 Å². The lowest BCUT2D eigenvalue weighted by Gasteiger charge is -2.66. The van der Waals surface area contributed by atoms with Gasteiger partial charge in [0.15, 0.2) is 0 Å². The Bertz CT molecular complexity index is 427. The third-order valence-corrected chi connectivity index (χ3v) is 5.82. The summed E-state index contributed by atoms with van der Waals surface area (Å²) in [7, 11) is 0. The quantitative estimate of drug-likeness (QED) is 0.831. The van der Waals surface area contributed by atoms with Gasteiger partial charge in [0.25, 0.3) is 0 Å². The molecule has 4 saturated carbocycles. The maximum atomic E-state index is 11.6. The molecule has 0 spiro atoms. The highest BCUT2D eigenvalue weighted by Gasteiger charge is 2.63. The second kappa shape index (κ2) is 4.22. The van der Waals surface area contributed by atoms with Gasteiger partial charge in [-0.05, 0) is 49.9 Å². The van der Waals surface area contributed by atoms with E-state index in [1.54, 1.807) is 13.8 Å². The monoisotopic (exact) mass is 278 g/mol. The second-order valence-corrected chi connectivity index (χ2v) is 7.79. The van der Waals surface area contributed by atoms with E-state index in [0.717, 1.165) is 38.5 Å². The van der Waals surface area contributed by atoms with Crippen LogP contribution < -0.4 is 10.6 Å². The molecule has 0 aromatic carbocycles. The van der Waals surface area contributed by atoms with Gasteiger partial charge in [0.1, 0.15) is 0 Å². The van der Waals surface area contributed by atoms with Crippen LogP contribution in [0.2, 0.25) is 0 Å². The number of rotatable bonds is 3. The molecular weight excluding hydrogens is 252 g/mol. The van der Waals surface area contributed by atoms with E-state index in [4.69, 9.17) is 0 Å². The fourth-order valence-electron chi connectivity index (χ4n) is 6.06. The summed E-state index contributed by atoms with van der Waals surface area (Å²) in [6, 6.07) is 0. The van der Waals surface area contributed by atoms with Crippen molar-refractivity contribution < 1.29 is 9.59 Å². The van der Waals surface area contributed by atoms with Gasteiger partial charge in [0.2, 0.25) is 11.8 Å². The summed E-state index contributed by atoms with van der Waals surface area (Å²) in [5.74, 6) is 0.775. The molecule has 2 amide bonds. The van der Waals surface area contributed by atoms with E-state index in [2.05, 4.69) is 17.6 Å². The van der Waals surface area contributed by atoms with Crippen LogP contribution in [0.3, 0.4) is 0 Å². The Labute approximate surface area is 121 Å². The highest BCUT2D eigenvalue weighted by Crippen LogP contribution is 2.64. The minimum atomic E-state index is -0.0797. The van der Waals surface area contributed by atoms with Gasteiger partial charge in [-0.1, -0.05) is 13.3 Å². The van der Waals surface area contributed by atoms with E-state index in [1.807, 2.05) is 0 Å². The second-order valence-electron chi connectivity index (χ2n) is 7.79. The predicted octanol–water partition coefficient (Wildman–Crippen LogP) is 2.13. The Kier molecular flexibility index (Phi) is 2.93. The molecule has 4 nitrogen and oxygen atoms in total. The highest BCUT2D eigenvalue weighted by atomic mass is 16.2. The lowest BCUT2D eigenvalue weighted by atomic mass is 9.43. The van der Waals surface area contributed by atoms with Gasteiger partial charge in [-0.2, -0.15) is 0 Å². The average Bonchev–Trinajstić information content (AvgIpc) is 2.23. The fraction of sp³-hybridized carbons (Fsp3) is 0.875. The standard InChI is InChI=1S/C16H26N2O2/c1-4-14-5-13-6-15(8-14,17-11(2)19)10-16(7-13,9-14)18-12(3)20/h13H,4-10H2,1-3H3,(H,17,19)(H,18,20). The van der Waals surface area contributed by atoms with Crippen LogP contribution in [0.1, 0.15) is 65.7 Å². The van der Waals surface area contributed by atoms with Crippen molar-refractivity contribution in [2.24, 2.45) is 11.3 Å². The molecule has 4 aliphatic carbocycles. The van der Waals surface area contributed by atoms with Crippen molar-refractivity contribution in [1.82, 2.24) is 10.6 Å². The molecule has 4 aliphatic rings. The van der Waals surface area contributed by atoms with Crippen LogP contribution in [0.4, 0.5) is 0 Å². The Hall–Kier alpha value is -1.06. The van der Waals surface area contributed by atoms with Crippen LogP contribution in [-0.2, 0) is 9.59 Å². The van der Waals surface area contributed by atoms with Crippen LogP contribution in [0, 0.1) is 11.3 Å².